The maximum atomic E-state index is 9.80. The molecule has 6 heteroatoms. The standard InChI is InChI=1S/C3H4N2O3S/c6-9(7)8-3-1-4-2-5-3/h1-2H,(H,4,5)(H,6,7)/p-1. The average Bonchev–Trinajstić information content (AvgIpc) is 2.15. The molecule has 0 aliphatic rings. The number of hydrogen-bond acceptors (Lipinski definition) is 4. The molecular weight excluding hydrogens is 144 g/mol. The van der Waals surface area contributed by atoms with E-state index in [1.807, 2.05) is 0 Å². The predicted molar refractivity (Wildman–Crippen MR) is 28.1 cm³/mol. The van der Waals surface area contributed by atoms with E-state index in [0.717, 1.165) is 0 Å². The molecule has 0 amide bonds. The van der Waals surface area contributed by atoms with Gasteiger partial charge in [0, 0.05) is 0 Å². The van der Waals surface area contributed by atoms with Crippen LogP contribution in [0.5, 0.6) is 5.88 Å². The fraction of sp³-hybridized carbons (Fsp3) is 0. The van der Waals surface area contributed by atoms with Crippen molar-refractivity contribution in [1.82, 2.24) is 9.97 Å². The zero-order chi connectivity index (χ0) is 6.69. The van der Waals surface area contributed by atoms with Crippen molar-refractivity contribution in [3.8, 4) is 5.88 Å². The summed E-state index contributed by atoms with van der Waals surface area (Å²) in [6.07, 6.45) is 2.58. The van der Waals surface area contributed by atoms with E-state index in [1.54, 1.807) is 0 Å². The number of aromatic amines is 1. The van der Waals surface area contributed by atoms with Crippen LogP contribution in [0.15, 0.2) is 12.5 Å². The van der Waals surface area contributed by atoms with Crippen LogP contribution in [0.4, 0.5) is 0 Å². The number of hydrogen-bond donors (Lipinski definition) is 1. The molecule has 1 heterocycles. The second-order valence-corrected chi connectivity index (χ2v) is 1.78. The van der Waals surface area contributed by atoms with Crippen LogP contribution in [0, 0.1) is 0 Å². The molecule has 0 saturated carbocycles. The van der Waals surface area contributed by atoms with Crippen LogP contribution in [0.2, 0.25) is 0 Å². The highest BCUT2D eigenvalue weighted by atomic mass is 32.2. The molecule has 0 saturated heterocycles. The van der Waals surface area contributed by atoms with Crippen molar-refractivity contribution in [3.05, 3.63) is 12.5 Å². The molecule has 1 N–H and O–H groups in total. The van der Waals surface area contributed by atoms with Crippen molar-refractivity contribution in [2.24, 2.45) is 0 Å². The number of aromatic nitrogens is 2. The van der Waals surface area contributed by atoms with Crippen LogP contribution in [0.1, 0.15) is 0 Å². The Kier molecular flexibility index (Phi) is 1.81. The Morgan fingerprint density at radius 3 is 3.11 bits per heavy atom. The van der Waals surface area contributed by atoms with E-state index in [2.05, 4.69) is 14.2 Å². The Morgan fingerprint density at radius 1 is 1.89 bits per heavy atom. The lowest BCUT2D eigenvalue weighted by Gasteiger charge is -2.01. The van der Waals surface area contributed by atoms with Gasteiger partial charge in [0.15, 0.2) is 0 Å². The molecule has 1 aromatic heterocycles. The lowest BCUT2D eigenvalue weighted by molar-refractivity contribution is 0.434. The summed E-state index contributed by atoms with van der Waals surface area (Å²) in [5.41, 5.74) is 0. The minimum atomic E-state index is -2.52. The fourth-order valence-corrected chi connectivity index (χ4v) is 0.600. The van der Waals surface area contributed by atoms with Gasteiger partial charge in [-0.15, -0.1) is 0 Å². The summed E-state index contributed by atoms with van der Waals surface area (Å²) in [5, 5.41) is 0. The van der Waals surface area contributed by atoms with Gasteiger partial charge in [-0.25, -0.2) is 9.19 Å². The fourth-order valence-electron chi connectivity index (χ4n) is 0.362. The van der Waals surface area contributed by atoms with Crippen molar-refractivity contribution in [1.29, 1.82) is 0 Å². The van der Waals surface area contributed by atoms with E-state index >= 15 is 0 Å². The Balaban J connectivity index is 2.58. The van der Waals surface area contributed by atoms with E-state index in [9.17, 15) is 8.76 Å². The van der Waals surface area contributed by atoms with Crippen LogP contribution in [-0.4, -0.2) is 18.7 Å². The smallest absolute Gasteiger partial charge is 0.227 e. The first kappa shape index (κ1) is 6.24. The number of H-pyrrole nitrogens is 1. The van der Waals surface area contributed by atoms with Crippen molar-refractivity contribution in [3.63, 3.8) is 0 Å². The first-order chi connectivity index (χ1) is 4.29. The third kappa shape index (κ3) is 1.82. The molecule has 50 valence electrons. The molecular formula is C3H3N2O3S-. The SMILES string of the molecule is O=S([O-])Oc1cnc[nH]1. The predicted octanol–water partition coefficient (Wildman–Crippen LogP) is -0.417. The zero-order valence-corrected chi connectivity index (χ0v) is 5.05. The minimum Gasteiger partial charge on any atom is -0.740 e. The lowest BCUT2D eigenvalue weighted by atomic mass is 10.9. The summed E-state index contributed by atoms with van der Waals surface area (Å²) in [7, 11) is 0. The van der Waals surface area contributed by atoms with E-state index < -0.39 is 11.4 Å². The normalized spacial score (nSPS) is 13.0. The first-order valence-electron chi connectivity index (χ1n) is 2.05. The molecule has 0 aliphatic heterocycles. The largest absolute Gasteiger partial charge is 0.740 e. The molecule has 0 bridgehead atoms. The topological polar surface area (TPSA) is 78.0 Å². The summed E-state index contributed by atoms with van der Waals surface area (Å²) in [4.78, 5) is 5.96. The van der Waals surface area contributed by atoms with Gasteiger partial charge in [-0.2, -0.15) is 0 Å². The summed E-state index contributed by atoms with van der Waals surface area (Å²) < 4.78 is 23.7. The number of nitrogens with one attached hydrogen (secondary N) is 1. The van der Waals surface area contributed by atoms with Crippen molar-refractivity contribution >= 4 is 11.4 Å². The Labute approximate surface area is 53.6 Å². The molecule has 0 spiro atoms. The highest BCUT2D eigenvalue weighted by molar-refractivity contribution is 7.74. The lowest BCUT2D eigenvalue weighted by Crippen LogP contribution is -1.97. The van der Waals surface area contributed by atoms with E-state index in [4.69, 9.17) is 0 Å². The summed E-state index contributed by atoms with van der Waals surface area (Å²) in [6.45, 7) is 0. The molecule has 1 atom stereocenters. The van der Waals surface area contributed by atoms with Gasteiger partial charge in [0.1, 0.15) is 11.4 Å². The quantitative estimate of drug-likeness (QED) is 0.576. The van der Waals surface area contributed by atoms with E-state index in [0.29, 0.717) is 0 Å². The van der Waals surface area contributed by atoms with Gasteiger partial charge in [-0.05, 0) is 0 Å². The minimum absolute atomic E-state index is 0.114. The zero-order valence-electron chi connectivity index (χ0n) is 4.23. The maximum absolute atomic E-state index is 9.80. The van der Waals surface area contributed by atoms with Crippen LogP contribution in [0.3, 0.4) is 0 Å². The van der Waals surface area contributed by atoms with E-state index in [-0.39, 0.29) is 5.88 Å². The van der Waals surface area contributed by atoms with Gasteiger partial charge in [0.25, 0.3) is 0 Å². The second-order valence-electron chi connectivity index (χ2n) is 1.20. The van der Waals surface area contributed by atoms with Crippen LogP contribution in [0.25, 0.3) is 0 Å². The molecule has 0 radical (unpaired) electrons. The number of rotatable bonds is 2. The summed E-state index contributed by atoms with van der Waals surface area (Å²) >= 11 is -2.52. The highest BCUT2D eigenvalue weighted by Crippen LogP contribution is 2.01. The highest BCUT2D eigenvalue weighted by Gasteiger charge is 1.90. The number of nitrogens with zero attached hydrogens (tertiary/aromatic N) is 1. The monoisotopic (exact) mass is 147 g/mol. The molecule has 1 rings (SSSR count). The summed E-state index contributed by atoms with van der Waals surface area (Å²) in [5.74, 6) is 0.114. The van der Waals surface area contributed by atoms with Crippen LogP contribution < -0.4 is 4.18 Å². The van der Waals surface area contributed by atoms with Gasteiger partial charge >= 0.3 is 0 Å². The van der Waals surface area contributed by atoms with Crippen molar-refractivity contribution in [2.75, 3.05) is 0 Å². The van der Waals surface area contributed by atoms with Crippen molar-refractivity contribution < 1.29 is 12.9 Å². The Morgan fingerprint density at radius 2 is 2.67 bits per heavy atom. The third-order valence-corrected chi connectivity index (χ3v) is 0.947. The second kappa shape index (κ2) is 2.60. The average molecular weight is 147 g/mol. The number of imidazole rings is 1. The third-order valence-electron chi connectivity index (χ3n) is 0.631. The molecule has 0 fully saturated rings. The van der Waals surface area contributed by atoms with Gasteiger partial charge in [-0.3, -0.25) is 0 Å². The molecule has 5 nitrogen and oxygen atoms in total. The molecule has 0 aromatic carbocycles. The maximum Gasteiger partial charge on any atom is 0.227 e. The van der Waals surface area contributed by atoms with Gasteiger partial charge in [-0.1, -0.05) is 0 Å². The summed E-state index contributed by atoms with van der Waals surface area (Å²) in [6, 6.07) is 0. The van der Waals surface area contributed by atoms with Gasteiger partial charge in [0.05, 0.1) is 12.5 Å². The van der Waals surface area contributed by atoms with Gasteiger partial charge < -0.3 is 13.7 Å². The molecule has 9 heavy (non-hydrogen) atoms. The first-order valence-corrected chi connectivity index (χ1v) is 3.05. The van der Waals surface area contributed by atoms with Crippen LogP contribution >= 0.6 is 0 Å². The van der Waals surface area contributed by atoms with Crippen molar-refractivity contribution in [2.45, 2.75) is 0 Å². The Bertz CT molecular complexity index is 197. The van der Waals surface area contributed by atoms with Gasteiger partial charge in [0.2, 0.25) is 5.88 Å². The Hall–Kier alpha value is -0.880. The van der Waals surface area contributed by atoms with E-state index in [1.165, 1.54) is 12.5 Å². The molecule has 0 aliphatic carbocycles. The molecule has 1 unspecified atom stereocenters. The molecule has 1 aromatic rings. The van der Waals surface area contributed by atoms with Crippen LogP contribution in [-0.2, 0) is 11.4 Å².